The first-order chi connectivity index (χ1) is 14.5. The second kappa shape index (κ2) is 10.4. The van der Waals surface area contributed by atoms with Gasteiger partial charge in [-0.2, -0.15) is 0 Å². The third-order valence-corrected chi connectivity index (χ3v) is 5.13. The molecule has 164 valence electrons. The van der Waals surface area contributed by atoms with E-state index in [9.17, 15) is 9.90 Å². The highest BCUT2D eigenvalue weighted by molar-refractivity contribution is 5.74. The van der Waals surface area contributed by atoms with Gasteiger partial charge in [0.2, 0.25) is 0 Å². The Hall–Kier alpha value is -2.65. The van der Waals surface area contributed by atoms with Crippen molar-refractivity contribution in [3.8, 4) is 17.0 Å². The monoisotopic (exact) mass is 417 g/mol. The minimum absolute atomic E-state index is 0.00716. The van der Waals surface area contributed by atoms with Crippen molar-refractivity contribution >= 4 is 6.03 Å². The number of ether oxygens (including phenoxy) is 2. The van der Waals surface area contributed by atoms with E-state index < -0.39 is 6.10 Å². The van der Waals surface area contributed by atoms with Gasteiger partial charge >= 0.3 is 6.03 Å². The van der Waals surface area contributed by atoms with E-state index in [1.807, 2.05) is 44.3 Å². The van der Waals surface area contributed by atoms with E-state index in [-0.39, 0.29) is 30.8 Å². The molecule has 1 saturated heterocycles. The van der Waals surface area contributed by atoms with E-state index in [4.69, 9.17) is 9.47 Å². The molecule has 0 saturated carbocycles. The number of hydrogen-bond acceptors (Lipinski definition) is 6. The molecule has 0 spiro atoms. The molecule has 2 aromatic rings. The van der Waals surface area contributed by atoms with Gasteiger partial charge in [0, 0.05) is 18.2 Å². The minimum atomic E-state index is -0.415. The molecule has 9 nitrogen and oxygen atoms in total. The maximum Gasteiger partial charge on any atom is 0.315 e. The quantitative estimate of drug-likeness (QED) is 0.606. The number of carbonyl (C=O) groups is 1. The van der Waals surface area contributed by atoms with Crippen molar-refractivity contribution in [2.75, 3.05) is 13.7 Å². The molecule has 9 heteroatoms. The summed E-state index contributed by atoms with van der Waals surface area (Å²) in [6.45, 7) is 4.32. The number of nitrogens with zero attached hydrogens (tertiary/aromatic N) is 3. The van der Waals surface area contributed by atoms with Crippen molar-refractivity contribution in [2.24, 2.45) is 0 Å². The fourth-order valence-corrected chi connectivity index (χ4v) is 3.65. The molecule has 1 aliphatic rings. The lowest BCUT2D eigenvalue weighted by Crippen LogP contribution is -2.54. The number of para-hydroxylation sites is 1. The molecule has 2 amide bonds. The van der Waals surface area contributed by atoms with Crippen molar-refractivity contribution in [3.63, 3.8) is 0 Å². The second-order valence-corrected chi connectivity index (χ2v) is 7.79. The van der Waals surface area contributed by atoms with E-state index in [1.165, 1.54) is 0 Å². The number of aryl methyl sites for hydroxylation is 1. The van der Waals surface area contributed by atoms with E-state index in [2.05, 4.69) is 20.9 Å². The zero-order chi connectivity index (χ0) is 21.5. The topological polar surface area (TPSA) is 111 Å². The van der Waals surface area contributed by atoms with Crippen LogP contribution in [-0.4, -0.2) is 64.1 Å². The Bertz CT molecular complexity index is 825. The predicted octanol–water partition coefficient (Wildman–Crippen LogP) is 1.96. The summed E-state index contributed by atoms with van der Waals surface area (Å²) in [7, 11) is 1.63. The number of amides is 2. The molecule has 0 aliphatic carbocycles. The van der Waals surface area contributed by atoms with E-state index in [0.29, 0.717) is 6.54 Å². The second-order valence-electron chi connectivity index (χ2n) is 7.79. The van der Waals surface area contributed by atoms with Gasteiger partial charge in [-0.3, -0.25) is 4.68 Å². The fraction of sp³-hybridized carbons (Fsp3) is 0.571. The summed E-state index contributed by atoms with van der Waals surface area (Å²) in [6.07, 6.45) is 3.78. The first-order valence-corrected chi connectivity index (χ1v) is 10.4. The van der Waals surface area contributed by atoms with Gasteiger partial charge in [-0.25, -0.2) is 4.79 Å². The lowest BCUT2D eigenvalue weighted by molar-refractivity contribution is -0.0908. The smallest absolute Gasteiger partial charge is 0.315 e. The van der Waals surface area contributed by atoms with Crippen LogP contribution in [0.2, 0.25) is 0 Å². The van der Waals surface area contributed by atoms with E-state index in [0.717, 1.165) is 36.3 Å². The first-order valence-electron chi connectivity index (χ1n) is 10.4. The van der Waals surface area contributed by atoms with Crippen LogP contribution < -0.4 is 15.4 Å². The van der Waals surface area contributed by atoms with Crippen LogP contribution in [0.15, 0.2) is 30.5 Å². The number of benzene rings is 1. The van der Waals surface area contributed by atoms with Gasteiger partial charge in [0.05, 0.1) is 32.1 Å². The van der Waals surface area contributed by atoms with Gasteiger partial charge in [0.1, 0.15) is 17.5 Å². The Kier molecular flexibility index (Phi) is 7.64. The van der Waals surface area contributed by atoms with Crippen LogP contribution in [0.3, 0.4) is 0 Å². The van der Waals surface area contributed by atoms with Crippen LogP contribution in [-0.2, 0) is 11.3 Å². The summed E-state index contributed by atoms with van der Waals surface area (Å²) < 4.78 is 13.2. The average molecular weight is 418 g/mol. The standard InChI is InChI=1S/C21H31N5O4/c1-14(2)22-21(28)23-17-9-8-15(30-20(17)13-27)10-11-26-12-18(24-25-26)16-6-4-5-7-19(16)29-3/h4-7,12,14-15,17,20,27H,8-11,13H2,1-3H3,(H2,22,23,28)/t15-,17+,20+/m1/s1. The highest BCUT2D eigenvalue weighted by Gasteiger charge is 2.31. The number of nitrogens with one attached hydrogen (secondary N) is 2. The number of hydrogen-bond donors (Lipinski definition) is 3. The maximum atomic E-state index is 12.0. The van der Waals surface area contributed by atoms with Crippen molar-refractivity contribution in [1.29, 1.82) is 0 Å². The lowest BCUT2D eigenvalue weighted by Gasteiger charge is -2.36. The maximum absolute atomic E-state index is 12.0. The normalized spacial score (nSPS) is 21.4. The number of carbonyl (C=O) groups excluding carboxylic acids is 1. The average Bonchev–Trinajstić information content (AvgIpc) is 3.21. The van der Waals surface area contributed by atoms with Gasteiger partial charge in [-0.1, -0.05) is 17.3 Å². The number of aromatic nitrogens is 3. The zero-order valence-corrected chi connectivity index (χ0v) is 17.7. The molecular formula is C21H31N5O4. The van der Waals surface area contributed by atoms with Crippen LogP contribution in [0.4, 0.5) is 4.79 Å². The van der Waals surface area contributed by atoms with E-state index in [1.54, 1.807) is 11.8 Å². The summed E-state index contributed by atoms with van der Waals surface area (Å²) in [5.74, 6) is 0.756. The summed E-state index contributed by atoms with van der Waals surface area (Å²) in [5.41, 5.74) is 1.65. The number of rotatable bonds is 8. The third kappa shape index (κ3) is 5.70. The molecule has 3 rings (SSSR count). The van der Waals surface area contributed by atoms with Gasteiger partial charge < -0.3 is 25.2 Å². The predicted molar refractivity (Wildman–Crippen MR) is 112 cm³/mol. The molecule has 3 N–H and O–H groups in total. The van der Waals surface area contributed by atoms with Crippen molar-refractivity contribution in [3.05, 3.63) is 30.5 Å². The molecule has 1 fully saturated rings. The van der Waals surface area contributed by atoms with Gasteiger partial charge in [-0.05, 0) is 45.2 Å². The number of urea groups is 1. The van der Waals surface area contributed by atoms with Gasteiger partial charge in [-0.15, -0.1) is 5.10 Å². The largest absolute Gasteiger partial charge is 0.496 e. The third-order valence-electron chi connectivity index (χ3n) is 5.13. The molecule has 30 heavy (non-hydrogen) atoms. The van der Waals surface area contributed by atoms with Gasteiger partial charge in [0.15, 0.2) is 0 Å². The van der Waals surface area contributed by atoms with Crippen LogP contribution in [0.5, 0.6) is 5.75 Å². The summed E-state index contributed by atoms with van der Waals surface area (Å²) in [5, 5.41) is 23.9. The Balaban J connectivity index is 1.52. The van der Waals surface area contributed by atoms with Crippen LogP contribution in [0.25, 0.3) is 11.3 Å². The van der Waals surface area contributed by atoms with Crippen molar-refractivity contribution in [1.82, 2.24) is 25.6 Å². The SMILES string of the molecule is COc1ccccc1-c1cn(CC[C@H]2CC[C@H](NC(=O)NC(C)C)[C@H](CO)O2)nn1. The lowest BCUT2D eigenvalue weighted by atomic mass is 9.97. The van der Waals surface area contributed by atoms with Crippen molar-refractivity contribution in [2.45, 2.75) is 63.9 Å². The molecule has 0 radical (unpaired) electrons. The molecule has 0 bridgehead atoms. The summed E-state index contributed by atoms with van der Waals surface area (Å²) in [4.78, 5) is 12.0. The number of methoxy groups -OCH3 is 1. The molecule has 1 aromatic carbocycles. The number of aliphatic hydroxyl groups is 1. The highest BCUT2D eigenvalue weighted by atomic mass is 16.5. The molecule has 3 atom stereocenters. The number of aliphatic hydroxyl groups excluding tert-OH is 1. The molecule has 2 heterocycles. The minimum Gasteiger partial charge on any atom is -0.496 e. The molecule has 1 aliphatic heterocycles. The molecule has 0 unspecified atom stereocenters. The van der Waals surface area contributed by atoms with Gasteiger partial charge in [0.25, 0.3) is 0 Å². The Morgan fingerprint density at radius 2 is 2.17 bits per heavy atom. The summed E-state index contributed by atoms with van der Waals surface area (Å²) >= 11 is 0. The molecule has 1 aromatic heterocycles. The van der Waals surface area contributed by atoms with Crippen molar-refractivity contribution < 1.29 is 19.4 Å². The Morgan fingerprint density at radius 3 is 2.90 bits per heavy atom. The first kappa shape index (κ1) is 22.0. The summed E-state index contributed by atoms with van der Waals surface area (Å²) in [6, 6.07) is 7.32. The highest BCUT2D eigenvalue weighted by Crippen LogP contribution is 2.28. The van der Waals surface area contributed by atoms with Crippen LogP contribution in [0.1, 0.15) is 33.1 Å². The molecular weight excluding hydrogens is 386 g/mol. The van der Waals surface area contributed by atoms with Crippen LogP contribution in [0, 0.1) is 0 Å². The van der Waals surface area contributed by atoms with Crippen LogP contribution >= 0.6 is 0 Å². The Labute approximate surface area is 176 Å². The zero-order valence-electron chi connectivity index (χ0n) is 17.7. The Morgan fingerprint density at radius 1 is 1.37 bits per heavy atom. The fourth-order valence-electron chi connectivity index (χ4n) is 3.65. The van der Waals surface area contributed by atoms with E-state index >= 15 is 0 Å².